The number of nitrogens with zero attached hydrogens (tertiary/aromatic N) is 2. The van der Waals surface area contributed by atoms with Crippen LogP contribution in [0.25, 0.3) is 10.6 Å². The van der Waals surface area contributed by atoms with Crippen LogP contribution in [-0.4, -0.2) is 81.0 Å². The number of β-amino-alcohol motifs (C(OH)–C–C–N with tert-alkyl or cyclic N) is 2. The molecule has 0 amide bonds. The minimum absolute atomic E-state index is 0. The first-order chi connectivity index (χ1) is 15.0. The monoisotopic (exact) mass is 486 g/mol. The van der Waals surface area contributed by atoms with E-state index in [1.807, 2.05) is 17.0 Å². The predicted molar refractivity (Wildman–Crippen MR) is 128 cm³/mol. The predicted octanol–water partition coefficient (Wildman–Crippen LogP) is 2.38. The first-order valence-electron chi connectivity index (χ1n) is 11.0. The lowest BCUT2D eigenvalue weighted by Crippen LogP contribution is -2.43. The molecule has 1 saturated heterocycles. The molecule has 2 aromatic rings. The Labute approximate surface area is 200 Å². The number of hydrogen-bond acceptors (Lipinski definition) is 8. The van der Waals surface area contributed by atoms with Gasteiger partial charge < -0.3 is 25.2 Å². The molecule has 0 bridgehead atoms. The Morgan fingerprint density at radius 2 is 1.66 bits per heavy atom. The van der Waals surface area contributed by atoms with E-state index in [2.05, 4.69) is 29.4 Å². The van der Waals surface area contributed by atoms with Gasteiger partial charge in [0.2, 0.25) is 0 Å². The number of aryl methyl sites for hydroxylation is 1. The van der Waals surface area contributed by atoms with Gasteiger partial charge in [-0.05, 0) is 31.9 Å². The van der Waals surface area contributed by atoms with E-state index in [1.54, 1.807) is 11.3 Å². The average Bonchev–Trinajstić information content (AvgIpc) is 3.19. The van der Waals surface area contributed by atoms with Gasteiger partial charge in [0, 0.05) is 30.6 Å². The molecule has 0 unspecified atom stereocenters. The highest BCUT2D eigenvalue weighted by molar-refractivity contribution is 7.13. The summed E-state index contributed by atoms with van der Waals surface area (Å²) in [4.78, 5) is 6.58. The molecular weight excluding hydrogens is 452 g/mol. The molecule has 9 heteroatoms. The second-order valence-electron chi connectivity index (χ2n) is 8.30. The maximum Gasteiger partial charge on any atom is 0.123 e. The molecule has 1 aromatic carbocycles. The number of aromatic nitrogens is 1. The summed E-state index contributed by atoms with van der Waals surface area (Å²) >= 11 is 1.64. The summed E-state index contributed by atoms with van der Waals surface area (Å²) in [5.74, 6) is 0. The van der Waals surface area contributed by atoms with Crippen LogP contribution in [0.4, 0.5) is 0 Å². The number of unbranched alkanes of at least 4 members (excludes halogenated alkanes) is 3. The summed E-state index contributed by atoms with van der Waals surface area (Å²) in [6.45, 7) is 4.55. The standard InChI is InChI=1S/C23H34N2O5S.ClH/c1-16-8-4-5-9-18(16)23-24-17(15-31-23)14-30-11-7-3-2-6-10-25-12-19(26)21(28)22(29)20(27)13-25;/h4-5,8-9,15,19-22,26-29H,2-3,6-7,10-14H2,1H3;1H/t19-,20-,21+,22+;/m0./s1. The number of likely N-dealkylation sites (tertiary alicyclic amines) is 1. The van der Waals surface area contributed by atoms with Gasteiger partial charge >= 0.3 is 0 Å². The molecule has 4 atom stereocenters. The first kappa shape index (κ1) is 27.1. The fourth-order valence-corrected chi connectivity index (χ4v) is 4.73. The zero-order valence-electron chi connectivity index (χ0n) is 18.5. The SMILES string of the molecule is Cc1ccccc1-c1nc(COCCCCCCN2C[C@H](O)[C@@H](O)[C@H](O)[C@@H](O)C2)cs1.Cl. The molecule has 32 heavy (non-hydrogen) atoms. The average molecular weight is 487 g/mol. The number of benzene rings is 1. The van der Waals surface area contributed by atoms with Gasteiger partial charge in [0.05, 0.1) is 24.5 Å². The Morgan fingerprint density at radius 1 is 1.00 bits per heavy atom. The Balaban J connectivity index is 0.00000363. The highest BCUT2D eigenvalue weighted by Crippen LogP contribution is 2.26. The van der Waals surface area contributed by atoms with Gasteiger partial charge in [-0.1, -0.05) is 37.1 Å². The summed E-state index contributed by atoms with van der Waals surface area (Å²) < 4.78 is 5.78. The highest BCUT2D eigenvalue weighted by Gasteiger charge is 2.35. The van der Waals surface area contributed by atoms with E-state index < -0.39 is 24.4 Å². The van der Waals surface area contributed by atoms with Crippen molar-refractivity contribution in [2.24, 2.45) is 0 Å². The molecule has 0 saturated carbocycles. The van der Waals surface area contributed by atoms with Crippen LogP contribution in [0.2, 0.25) is 0 Å². The van der Waals surface area contributed by atoms with Gasteiger partial charge in [0.15, 0.2) is 0 Å². The molecule has 2 heterocycles. The van der Waals surface area contributed by atoms with Gasteiger partial charge in [0.25, 0.3) is 0 Å². The maximum absolute atomic E-state index is 9.91. The molecule has 0 spiro atoms. The van der Waals surface area contributed by atoms with Crippen molar-refractivity contribution in [2.45, 2.75) is 63.6 Å². The topological polar surface area (TPSA) is 106 Å². The summed E-state index contributed by atoms with van der Waals surface area (Å²) in [5, 5.41) is 42.4. The van der Waals surface area contributed by atoms with Gasteiger partial charge in [-0.25, -0.2) is 4.98 Å². The van der Waals surface area contributed by atoms with Gasteiger partial charge in [-0.15, -0.1) is 23.7 Å². The highest BCUT2D eigenvalue weighted by atomic mass is 35.5. The molecular formula is C23H35ClN2O5S. The lowest BCUT2D eigenvalue weighted by atomic mass is 10.1. The molecule has 1 fully saturated rings. The minimum atomic E-state index is -1.30. The lowest BCUT2D eigenvalue weighted by molar-refractivity contribution is -0.0894. The van der Waals surface area contributed by atoms with Crippen LogP contribution < -0.4 is 0 Å². The second kappa shape index (κ2) is 13.6. The normalized spacial score (nSPS) is 24.2. The van der Waals surface area contributed by atoms with Crippen LogP contribution in [-0.2, 0) is 11.3 Å². The summed E-state index contributed by atoms with van der Waals surface area (Å²) in [6, 6.07) is 8.25. The van der Waals surface area contributed by atoms with Crippen molar-refractivity contribution in [3.63, 3.8) is 0 Å². The van der Waals surface area contributed by atoms with Gasteiger partial charge in [-0.2, -0.15) is 0 Å². The summed E-state index contributed by atoms with van der Waals surface area (Å²) in [6.07, 6.45) is -0.740. The van der Waals surface area contributed by atoms with Crippen LogP contribution in [0.5, 0.6) is 0 Å². The van der Waals surface area contributed by atoms with E-state index in [0.29, 0.717) is 13.2 Å². The van der Waals surface area contributed by atoms with Crippen molar-refractivity contribution in [1.82, 2.24) is 9.88 Å². The largest absolute Gasteiger partial charge is 0.389 e. The zero-order valence-corrected chi connectivity index (χ0v) is 20.1. The van der Waals surface area contributed by atoms with E-state index in [4.69, 9.17) is 4.74 Å². The third-order valence-corrected chi connectivity index (χ3v) is 6.64. The maximum atomic E-state index is 9.91. The number of hydrogen-bond donors (Lipinski definition) is 4. The number of aliphatic hydroxyl groups is 4. The Morgan fingerprint density at radius 3 is 2.34 bits per heavy atom. The molecule has 1 aliphatic rings. The lowest BCUT2D eigenvalue weighted by Gasteiger charge is -2.23. The van der Waals surface area contributed by atoms with Crippen LogP contribution in [0.1, 0.15) is 36.9 Å². The second-order valence-corrected chi connectivity index (χ2v) is 9.16. The van der Waals surface area contributed by atoms with Crippen molar-refractivity contribution in [3.05, 3.63) is 40.9 Å². The molecule has 0 radical (unpaired) electrons. The third-order valence-electron chi connectivity index (χ3n) is 5.72. The smallest absolute Gasteiger partial charge is 0.123 e. The van der Waals surface area contributed by atoms with Crippen LogP contribution in [0.3, 0.4) is 0 Å². The molecule has 180 valence electrons. The van der Waals surface area contributed by atoms with Crippen LogP contribution in [0, 0.1) is 6.92 Å². The van der Waals surface area contributed by atoms with Crippen LogP contribution in [0.15, 0.2) is 29.6 Å². The van der Waals surface area contributed by atoms with Gasteiger partial charge in [0.1, 0.15) is 17.2 Å². The first-order valence-corrected chi connectivity index (χ1v) is 11.9. The molecule has 0 aliphatic carbocycles. The number of rotatable bonds is 10. The number of aliphatic hydroxyl groups excluding tert-OH is 4. The molecule has 1 aromatic heterocycles. The number of halogens is 1. The summed E-state index contributed by atoms with van der Waals surface area (Å²) in [5.41, 5.74) is 3.36. The molecule has 4 N–H and O–H groups in total. The van der Waals surface area contributed by atoms with E-state index in [1.165, 1.54) is 11.1 Å². The minimum Gasteiger partial charge on any atom is -0.389 e. The van der Waals surface area contributed by atoms with E-state index in [0.717, 1.165) is 42.9 Å². The Hall–Kier alpha value is -1.10. The number of ether oxygens (including phenoxy) is 1. The number of thiazole rings is 1. The van der Waals surface area contributed by atoms with E-state index >= 15 is 0 Å². The van der Waals surface area contributed by atoms with Gasteiger partial charge in [-0.3, -0.25) is 4.90 Å². The zero-order chi connectivity index (χ0) is 22.2. The quantitative estimate of drug-likeness (QED) is 0.382. The van der Waals surface area contributed by atoms with Crippen molar-refractivity contribution in [2.75, 3.05) is 26.2 Å². The van der Waals surface area contributed by atoms with Crippen molar-refractivity contribution in [3.8, 4) is 10.6 Å². The molecule has 1 aliphatic heterocycles. The fourth-order valence-electron chi connectivity index (χ4n) is 3.84. The fraction of sp³-hybridized carbons (Fsp3) is 0.609. The van der Waals surface area contributed by atoms with E-state index in [9.17, 15) is 20.4 Å². The van der Waals surface area contributed by atoms with Crippen LogP contribution >= 0.6 is 23.7 Å². The van der Waals surface area contributed by atoms with Crippen molar-refractivity contribution >= 4 is 23.7 Å². The Kier molecular flexibility index (Phi) is 11.5. The molecule has 7 nitrogen and oxygen atoms in total. The third kappa shape index (κ3) is 7.74. The van der Waals surface area contributed by atoms with E-state index in [-0.39, 0.29) is 25.5 Å². The molecule has 3 rings (SSSR count). The summed E-state index contributed by atoms with van der Waals surface area (Å²) in [7, 11) is 0. The Bertz CT molecular complexity index is 792. The van der Waals surface area contributed by atoms with Crippen molar-refractivity contribution in [1.29, 1.82) is 0 Å². The van der Waals surface area contributed by atoms with Crippen molar-refractivity contribution < 1.29 is 25.2 Å².